The van der Waals surface area contributed by atoms with Gasteiger partial charge in [0.1, 0.15) is 11.4 Å². The van der Waals surface area contributed by atoms with Crippen molar-refractivity contribution in [2.75, 3.05) is 13.7 Å². The molecular weight excluding hydrogens is 356 g/mol. The molecule has 2 fully saturated rings. The van der Waals surface area contributed by atoms with Crippen molar-refractivity contribution >= 4 is 12.0 Å². The van der Waals surface area contributed by atoms with Crippen LogP contribution in [0.5, 0.6) is 5.75 Å². The number of alkyl carbamates (subject to hydrolysis) is 1. The molecule has 28 heavy (non-hydrogen) atoms. The van der Waals surface area contributed by atoms with Crippen LogP contribution < -0.4 is 15.4 Å². The van der Waals surface area contributed by atoms with Crippen molar-refractivity contribution in [3.63, 3.8) is 0 Å². The molecule has 1 aromatic rings. The summed E-state index contributed by atoms with van der Waals surface area (Å²) in [6, 6.07) is 7.87. The smallest absolute Gasteiger partial charge is 0.407 e. The number of hydrogen-bond donors (Lipinski definition) is 2. The Labute approximate surface area is 167 Å². The number of hydrogen-bond acceptors (Lipinski definition) is 4. The van der Waals surface area contributed by atoms with Crippen LogP contribution in [0.2, 0.25) is 0 Å². The molecule has 6 nitrogen and oxygen atoms in total. The zero-order valence-corrected chi connectivity index (χ0v) is 17.5. The van der Waals surface area contributed by atoms with Gasteiger partial charge in [0.25, 0.3) is 0 Å². The lowest BCUT2D eigenvalue weighted by atomic mass is 9.95. The molecule has 0 aliphatic heterocycles. The van der Waals surface area contributed by atoms with Crippen LogP contribution in [0, 0.1) is 11.8 Å². The lowest BCUT2D eigenvalue weighted by Gasteiger charge is -2.32. The fourth-order valence-corrected chi connectivity index (χ4v) is 3.76. The Morgan fingerprint density at radius 1 is 1.14 bits per heavy atom. The standard InChI is InChI=1S/C22H32N2O4/c1-21(2,3)28-20(26)23-13-22(4,14-10-11-14)24-19(25)17-12-16(17)15-8-6-7-9-18(15)27-5/h6-9,14,16-17H,10-13H2,1-5H3,(H,23,26)(H,24,25). The third kappa shape index (κ3) is 4.97. The molecule has 0 aromatic heterocycles. The quantitative estimate of drug-likeness (QED) is 0.748. The van der Waals surface area contributed by atoms with Crippen LogP contribution in [0.25, 0.3) is 0 Å². The Balaban J connectivity index is 1.59. The molecule has 2 amide bonds. The van der Waals surface area contributed by atoms with Crippen LogP contribution in [0.1, 0.15) is 58.4 Å². The van der Waals surface area contributed by atoms with Crippen molar-refractivity contribution < 1.29 is 19.1 Å². The first-order valence-electron chi connectivity index (χ1n) is 10.0. The van der Waals surface area contributed by atoms with E-state index in [1.807, 2.05) is 52.0 Å². The Morgan fingerprint density at radius 2 is 1.82 bits per heavy atom. The van der Waals surface area contributed by atoms with Gasteiger partial charge in [-0.25, -0.2) is 4.79 Å². The molecule has 0 bridgehead atoms. The molecule has 3 atom stereocenters. The molecule has 2 aliphatic rings. The lowest BCUT2D eigenvalue weighted by molar-refractivity contribution is -0.124. The molecule has 2 N–H and O–H groups in total. The Hall–Kier alpha value is -2.24. The summed E-state index contributed by atoms with van der Waals surface area (Å²) >= 11 is 0. The molecule has 2 aliphatic carbocycles. The van der Waals surface area contributed by atoms with Gasteiger partial charge in [-0.2, -0.15) is 0 Å². The van der Waals surface area contributed by atoms with E-state index in [4.69, 9.17) is 9.47 Å². The van der Waals surface area contributed by atoms with Crippen molar-refractivity contribution in [2.45, 2.75) is 64.0 Å². The molecule has 154 valence electrons. The summed E-state index contributed by atoms with van der Waals surface area (Å²) < 4.78 is 10.8. The summed E-state index contributed by atoms with van der Waals surface area (Å²) in [5.41, 5.74) is 0.0893. The minimum absolute atomic E-state index is 0.0455. The molecule has 1 aromatic carbocycles. The highest BCUT2D eigenvalue weighted by atomic mass is 16.6. The number of carbonyl (C=O) groups excluding carboxylic acids is 2. The second-order valence-electron chi connectivity index (χ2n) is 9.23. The molecule has 2 saturated carbocycles. The first-order valence-corrected chi connectivity index (χ1v) is 10.0. The van der Waals surface area contributed by atoms with Crippen molar-refractivity contribution in [3.8, 4) is 5.75 Å². The van der Waals surface area contributed by atoms with Crippen molar-refractivity contribution in [1.82, 2.24) is 10.6 Å². The highest BCUT2D eigenvalue weighted by Crippen LogP contribution is 2.51. The summed E-state index contributed by atoms with van der Waals surface area (Å²) in [5, 5.41) is 6.05. The van der Waals surface area contributed by atoms with Gasteiger partial charge in [-0.05, 0) is 70.4 Å². The molecule has 0 radical (unpaired) electrons. The minimum atomic E-state index is -0.542. The van der Waals surface area contributed by atoms with Crippen LogP contribution >= 0.6 is 0 Å². The van der Waals surface area contributed by atoms with E-state index in [0.29, 0.717) is 12.5 Å². The van der Waals surface area contributed by atoms with Crippen molar-refractivity contribution in [3.05, 3.63) is 29.8 Å². The predicted molar refractivity (Wildman–Crippen MR) is 107 cm³/mol. The summed E-state index contributed by atoms with van der Waals surface area (Å²) in [6.07, 6.45) is 2.50. The van der Waals surface area contributed by atoms with E-state index in [1.54, 1.807) is 7.11 Å². The Kier molecular flexibility index (Phi) is 5.60. The van der Waals surface area contributed by atoms with Gasteiger partial charge >= 0.3 is 6.09 Å². The monoisotopic (exact) mass is 388 g/mol. The second-order valence-corrected chi connectivity index (χ2v) is 9.23. The van der Waals surface area contributed by atoms with Crippen LogP contribution in [-0.2, 0) is 9.53 Å². The van der Waals surface area contributed by atoms with E-state index >= 15 is 0 Å². The summed E-state index contributed by atoms with van der Waals surface area (Å²) in [4.78, 5) is 24.9. The number of benzene rings is 1. The highest BCUT2D eigenvalue weighted by Gasteiger charge is 2.49. The predicted octanol–water partition coefficient (Wildman–Crippen LogP) is 3.61. The summed E-state index contributed by atoms with van der Waals surface area (Å²) in [6.45, 7) is 7.88. The second kappa shape index (κ2) is 7.64. The molecule has 0 spiro atoms. The van der Waals surface area contributed by atoms with Gasteiger partial charge in [0.2, 0.25) is 5.91 Å². The zero-order valence-electron chi connectivity index (χ0n) is 17.5. The first-order chi connectivity index (χ1) is 13.1. The Bertz CT molecular complexity index is 738. The van der Waals surface area contributed by atoms with Gasteiger partial charge in [-0.1, -0.05) is 18.2 Å². The average Bonchev–Trinajstić information content (AvgIpc) is 3.51. The summed E-state index contributed by atoms with van der Waals surface area (Å²) in [7, 11) is 1.66. The Morgan fingerprint density at radius 3 is 2.43 bits per heavy atom. The molecule has 3 rings (SSSR count). The van der Waals surface area contributed by atoms with E-state index < -0.39 is 17.2 Å². The molecule has 0 saturated heterocycles. The molecule has 6 heteroatoms. The number of nitrogens with one attached hydrogen (secondary N) is 2. The summed E-state index contributed by atoms with van der Waals surface area (Å²) in [5.74, 6) is 1.42. The van der Waals surface area contributed by atoms with Gasteiger partial charge in [0.15, 0.2) is 0 Å². The molecule has 3 unspecified atom stereocenters. The SMILES string of the molecule is COc1ccccc1C1CC1C(=O)NC(C)(CNC(=O)OC(C)(C)C)C1CC1. The topological polar surface area (TPSA) is 76.7 Å². The third-order valence-corrected chi connectivity index (χ3v) is 5.55. The van der Waals surface area contributed by atoms with Crippen LogP contribution in [0.4, 0.5) is 4.79 Å². The first kappa shape index (κ1) is 20.5. The van der Waals surface area contributed by atoms with Gasteiger partial charge in [-0.3, -0.25) is 4.79 Å². The average molecular weight is 389 g/mol. The maximum atomic E-state index is 12.9. The zero-order chi connectivity index (χ0) is 20.5. The number of rotatable bonds is 7. The molecule has 0 heterocycles. The number of amides is 2. The van der Waals surface area contributed by atoms with E-state index in [2.05, 4.69) is 10.6 Å². The number of para-hydroxylation sites is 1. The number of ether oxygens (including phenoxy) is 2. The minimum Gasteiger partial charge on any atom is -0.496 e. The fraction of sp³-hybridized carbons (Fsp3) is 0.636. The van der Waals surface area contributed by atoms with Gasteiger partial charge in [-0.15, -0.1) is 0 Å². The fourth-order valence-electron chi connectivity index (χ4n) is 3.76. The van der Waals surface area contributed by atoms with E-state index in [-0.39, 0.29) is 17.7 Å². The van der Waals surface area contributed by atoms with E-state index in [0.717, 1.165) is 30.6 Å². The van der Waals surface area contributed by atoms with Crippen molar-refractivity contribution in [2.24, 2.45) is 11.8 Å². The molecular formula is C22H32N2O4. The number of carbonyl (C=O) groups is 2. The maximum absolute atomic E-state index is 12.9. The highest BCUT2D eigenvalue weighted by molar-refractivity contribution is 5.84. The number of methoxy groups -OCH3 is 1. The normalized spacial score (nSPS) is 23.3. The van der Waals surface area contributed by atoms with Crippen LogP contribution in [0.3, 0.4) is 0 Å². The van der Waals surface area contributed by atoms with Crippen LogP contribution in [-0.4, -0.2) is 36.8 Å². The third-order valence-electron chi connectivity index (χ3n) is 5.55. The largest absolute Gasteiger partial charge is 0.496 e. The van der Waals surface area contributed by atoms with E-state index in [1.165, 1.54) is 0 Å². The van der Waals surface area contributed by atoms with Crippen molar-refractivity contribution in [1.29, 1.82) is 0 Å². The van der Waals surface area contributed by atoms with E-state index in [9.17, 15) is 9.59 Å². The van der Waals surface area contributed by atoms with Gasteiger partial charge in [0, 0.05) is 12.5 Å². The van der Waals surface area contributed by atoms with Gasteiger partial charge in [0.05, 0.1) is 12.6 Å². The van der Waals surface area contributed by atoms with Crippen LogP contribution in [0.15, 0.2) is 24.3 Å². The van der Waals surface area contributed by atoms with Gasteiger partial charge < -0.3 is 20.1 Å². The maximum Gasteiger partial charge on any atom is 0.407 e. The lowest BCUT2D eigenvalue weighted by Crippen LogP contribution is -2.56.